The van der Waals surface area contributed by atoms with Crippen LogP contribution in [-0.2, 0) is 0 Å². The van der Waals surface area contributed by atoms with Crippen LogP contribution in [0.5, 0.6) is 0 Å². The van der Waals surface area contributed by atoms with E-state index in [9.17, 15) is 0 Å². The van der Waals surface area contributed by atoms with E-state index in [1.165, 1.54) is 11.1 Å². The first-order valence-electron chi connectivity index (χ1n) is 4.72. The Morgan fingerprint density at radius 2 is 1.27 bits per heavy atom. The van der Waals surface area contributed by atoms with Crippen LogP contribution in [0.1, 0.15) is 16.0 Å². The molecule has 76 valence electrons. The summed E-state index contributed by atoms with van der Waals surface area (Å²) in [5.74, 6) is 0. The Hall–Kier alpha value is -0.600. The van der Waals surface area contributed by atoms with E-state index in [4.69, 9.17) is 0 Å². The molecule has 0 fully saturated rings. The summed E-state index contributed by atoms with van der Waals surface area (Å²) in [6.45, 7) is 0. The fraction of sp³-hybridized carbons (Fsp3) is 0.0769. The number of hydrogen-bond acceptors (Lipinski definition) is 0. The van der Waals surface area contributed by atoms with Crippen LogP contribution in [0.15, 0.2) is 59.1 Å². The molecule has 0 spiro atoms. The molecule has 2 rings (SSSR count). The summed E-state index contributed by atoms with van der Waals surface area (Å²) in [6, 6.07) is 18.8. The van der Waals surface area contributed by atoms with E-state index in [0.717, 1.165) is 4.47 Å². The van der Waals surface area contributed by atoms with Gasteiger partial charge in [0.15, 0.2) is 0 Å². The molecule has 0 saturated carbocycles. The van der Waals surface area contributed by atoms with Crippen molar-refractivity contribution in [2.24, 2.45) is 0 Å². The molecule has 0 aliphatic heterocycles. The number of hydrogen-bond donors (Lipinski definition) is 0. The van der Waals surface area contributed by atoms with E-state index in [0.29, 0.717) is 0 Å². The number of alkyl halides is 1. The van der Waals surface area contributed by atoms with Crippen molar-refractivity contribution in [3.05, 3.63) is 70.2 Å². The maximum Gasteiger partial charge on any atom is 0.0644 e. The SMILES string of the molecule is Brc1ccc(C(Br)c2ccccc2)cc1. The zero-order chi connectivity index (χ0) is 10.7. The summed E-state index contributed by atoms with van der Waals surface area (Å²) in [7, 11) is 0. The summed E-state index contributed by atoms with van der Waals surface area (Å²) >= 11 is 7.14. The molecular formula is C13H10Br2. The van der Waals surface area contributed by atoms with E-state index < -0.39 is 0 Å². The lowest BCUT2D eigenvalue weighted by atomic mass is 10.1. The number of rotatable bonds is 2. The van der Waals surface area contributed by atoms with Gasteiger partial charge in [-0.05, 0) is 23.3 Å². The van der Waals surface area contributed by atoms with E-state index >= 15 is 0 Å². The van der Waals surface area contributed by atoms with Gasteiger partial charge in [0.2, 0.25) is 0 Å². The first-order valence-corrected chi connectivity index (χ1v) is 6.43. The largest absolute Gasteiger partial charge is 0.0786 e. The Labute approximate surface area is 107 Å². The fourth-order valence-electron chi connectivity index (χ4n) is 1.45. The van der Waals surface area contributed by atoms with Crippen LogP contribution < -0.4 is 0 Å². The van der Waals surface area contributed by atoms with Crippen molar-refractivity contribution in [2.45, 2.75) is 4.83 Å². The maximum atomic E-state index is 3.70. The molecule has 2 heteroatoms. The number of benzene rings is 2. The molecular weight excluding hydrogens is 316 g/mol. The highest BCUT2D eigenvalue weighted by molar-refractivity contribution is 9.10. The van der Waals surface area contributed by atoms with Gasteiger partial charge in [0.25, 0.3) is 0 Å². The van der Waals surface area contributed by atoms with Gasteiger partial charge in [-0.3, -0.25) is 0 Å². The van der Waals surface area contributed by atoms with Gasteiger partial charge in [-0.25, -0.2) is 0 Å². The van der Waals surface area contributed by atoms with Gasteiger partial charge in [0.1, 0.15) is 0 Å². The van der Waals surface area contributed by atoms with Gasteiger partial charge >= 0.3 is 0 Å². The molecule has 0 saturated heterocycles. The van der Waals surface area contributed by atoms with Crippen LogP contribution in [0, 0.1) is 0 Å². The van der Waals surface area contributed by atoms with Crippen molar-refractivity contribution in [3.8, 4) is 0 Å². The standard InChI is InChI=1S/C13H10Br2/c14-12-8-6-11(7-9-12)13(15)10-4-2-1-3-5-10/h1-9,13H. The third kappa shape index (κ3) is 2.70. The lowest BCUT2D eigenvalue weighted by Gasteiger charge is -2.10. The summed E-state index contributed by atoms with van der Waals surface area (Å²) in [4.78, 5) is 0.270. The summed E-state index contributed by atoms with van der Waals surface area (Å²) in [5.41, 5.74) is 2.55. The van der Waals surface area contributed by atoms with E-state index in [2.05, 4.69) is 80.4 Å². The van der Waals surface area contributed by atoms with Crippen LogP contribution in [0.25, 0.3) is 0 Å². The number of halogens is 2. The van der Waals surface area contributed by atoms with Crippen LogP contribution in [0.2, 0.25) is 0 Å². The average Bonchev–Trinajstić information content (AvgIpc) is 2.30. The molecule has 0 aliphatic rings. The summed E-state index contributed by atoms with van der Waals surface area (Å²) in [6.07, 6.45) is 0. The van der Waals surface area contributed by atoms with Gasteiger partial charge in [-0.2, -0.15) is 0 Å². The smallest absolute Gasteiger partial charge is 0.0644 e. The Bertz CT molecular complexity index is 420. The zero-order valence-corrected chi connectivity index (χ0v) is 11.2. The van der Waals surface area contributed by atoms with E-state index in [1.54, 1.807) is 0 Å². The molecule has 0 nitrogen and oxygen atoms in total. The Morgan fingerprint density at radius 3 is 1.87 bits per heavy atom. The minimum Gasteiger partial charge on any atom is -0.0786 e. The minimum absolute atomic E-state index is 0.270. The molecule has 1 unspecified atom stereocenters. The van der Waals surface area contributed by atoms with Gasteiger partial charge in [-0.15, -0.1) is 0 Å². The lowest BCUT2D eigenvalue weighted by Crippen LogP contribution is -1.91. The van der Waals surface area contributed by atoms with Crippen molar-refractivity contribution in [1.29, 1.82) is 0 Å². The van der Waals surface area contributed by atoms with Crippen molar-refractivity contribution in [1.82, 2.24) is 0 Å². The molecule has 0 aliphatic carbocycles. The van der Waals surface area contributed by atoms with Crippen LogP contribution in [-0.4, -0.2) is 0 Å². The minimum atomic E-state index is 0.270. The molecule has 15 heavy (non-hydrogen) atoms. The van der Waals surface area contributed by atoms with Crippen LogP contribution >= 0.6 is 31.9 Å². The molecule has 0 amide bonds. The highest BCUT2D eigenvalue weighted by Crippen LogP contribution is 2.30. The first kappa shape index (κ1) is 10.9. The predicted octanol–water partition coefficient (Wildman–Crippen LogP) is 4.93. The van der Waals surface area contributed by atoms with Crippen LogP contribution in [0.4, 0.5) is 0 Å². The molecule has 2 aromatic rings. The van der Waals surface area contributed by atoms with Crippen molar-refractivity contribution in [3.63, 3.8) is 0 Å². The maximum absolute atomic E-state index is 3.70. The second-order valence-electron chi connectivity index (χ2n) is 3.32. The van der Waals surface area contributed by atoms with Crippen LogP contribution in [0.3, 0.4) is 0 Å². The second kappa shape index (κ2) is 4.95. The normalized spacial score (nSPS) is 12.4. The molecule has 0 heterocycles. The molecule has 0 aromatic heterocycles. The Kier molecular flexibility index (Phi) is 3.60. The highest BCUT2D eigenvalue weighted by Gasteiger charge is 2.08. The Morgan fingerprint density at radius 1 is 0.733 bits per heavy atom. The molecule has 0 radical (unpaired) electrons. The monoisotopic (exact) mass is 324 g/mol. The van der Waals surface area contributed by atoms with E-state index in [1.807, 2.05) is 6.07 Å². The topological polar surface area (TPSA) is 0 Å². The first-order chi connectivity index (χ1) is 7.27. The quantitative estimate of drug-likeness (QED) is 0.686. The molecule has 2 aromatic carbocycles. The summed E-state index contributed by atoms with van der Waals surface area (Å²) in [5, 5.41) is 0. The third-order valence-corrected chi connectivity index (χ3v) is 3.84. The lowest BCUT2D eigenvalue weighted by molar-refractivity contribution is 1.18. The summed E-state index contributed by atoms with van der Waals surface area (Å²) < 4.78 is 1.11. The van der Waals surface area contributed by atoms with Gasteiger partial charge in [0.05, 0.1) is 4.83 Å². The third-order valence-electron chi connectivity index (χ3n) is 2.25. The van der Waals surface area contributed by atoms with Gasteiger partial charge in [0, 0.05) is 4.47 Å². The van der Waals surface area contributed by atoms with Crippen molar-refractivity contribution >= 4 is 31.9 Å². The van der Waals surface area contributed by atoms with E-state index in [-0.39, 0.29) is 4.83 Å². The highest BCUT2D eigenvalue weighted by atomic mass is 79.9. The fourth-order valence-corrected chi connectivity index (χ4v) is 2.32. The van der Waals surface area contributed by atoms with Crippen molar-refractivity contribution in [2.75, 3.05) is 0 Å². The molecule has 0 bridgehead atoms. The van der Waals surface area contributed by atoms with Gasteiger partial charge < -0.3 is 0 Å². The van der Waals surface area contributed by atoms with Crippen molar-refractivity contribution < 1.29 is 0 Å². The average molecular weight is 326 g/mol. The predicted molar refractivity (Wildman–Crippen MR) is 71.4 cm³/mol. The molecule has 1 atom stereocenters. The zero-order valence-electron chi connectivity index (χ0n) is 8.03. The van der Waals surface area contributed by atoms with Gasteiger partial charge in [-0.1, -0.05) is 74.3 Å². The Balaban J connectivity index is 2.29. The second-order valence-corrected chi connectivity index (χ2v) is 5.16. The molecule has 0 N–H and O–H groups in total.